The molecule has 0 aliphatic carbocycles. The number of nitrogens with two attached hydrogens (primary N) is 2. The summed E-state index contributed by atoms with van der Waals surface area (Å²) in [7, 11) is 1.63. The maximum absolute atomic E-state index is 13.5. The molecular weight excluding hydrogens is 477 g/mol. The number of alkyl halides is 3. The lowest BCUT2D eigenvalue weighted by Gasteiger charge is -2.38. The minimum absolute atomic E-state index is 0.0332. The lowest BCUT2D eigenvalue weighted by molar-refractivity contribution is -0.177. The van der Waals surface area contributed by atoms with E-state index in [1.54, 1.807) is 18.1 Å². The molecule has 0 amide bonds. The SMILES string of the molecule is Cn1ncc(CC(=O)c2c(N)oc3cc(C4CCOCC4)cnc23)c1N1C[C@@H](N)C[C@@H](C(F)(F)F)C1. The summed E-state index contributed by atoms with van der Waals surface area (Å²) in [6.45, 7) is 1.36. The second-order valence-electron chi connectivity index (χ2n) is 9.70. The van der Waals surface area contributed by atoms with Crippen LogP contribution in [0.15, 0.2) is 22.9 Å². The van der Waals surface area contributed by atoms with Gasteiger partial charge in [-0.05, 0) is 36.8 Å². The van der Waals surface area contributed by atoms with Crippen molar-refractivity contribution in [3.05, 3.63) is 35.2 Å². The molecule has 2 saturated heterocycles. The lowest BCUT2D eigenvalue weighted by atomic mass is 9.92. The number of carbonyl (C=O) groups is 1. The van der Waals surface area contributed by atoms with Gasteiger partial charge in [0.15, 0.2) is 11.4 Å². The number of nitrogens with zero attached hydrogens (tertiary/aromatic N) is 4. The van der Waals surface area contributed by atoms with E-state index in [4.69, 9.17) is 20.6 Å². The van der Waals surface area contributed by atoms with Crippen LogP contribution in [0.1, 0.15) is 46.7 Å². The van der Waals surface area contributed by atoms with Crippen LogP contribution in [0.2, 0.25) is 0 Å². The summed E-state index contributed by atoms with van der Waals surface area (Å²) in [6.07, 6.45) is 0.392. The van der Waals surface area contributed by atoms with Crippen molar-refractivity contribution in [2.75, 3.05) is 36.9 Å². The third kappa shape index (κ3) is 4.66. The van der Waals surface area contributed by atoms with E-state index in [1.165, 1.54) is 10.9 Å². The summed E-state index contributed by atoms with van der Waals surface area (Å²) < 4.78 is 53.0. The number of furan rings is 1. The first-order valence-corrected chi connectivity index (χ1v) is 12.0. The van der Waals surface area contributed by atoms with E-state index >= 15 is 0 Å². The number of ketones is 1. The van der Waals surface area contributed by atoms with E-state index in [0.29, 0.717) is 41.6 Å². The van der Waals surface area contributed by atoms with Crippen LogP contribution in [0.5, 0.6) is 0 Å². The summed E-state index contributed by atoms with van der Waals surface area (Å²) in [6, 6.07) is 1.22. The fraction of sp³-hybridized carbons (Fsp3) is 0.542. The molecule has 12 heteroatoms. The smallest absolute Gasteiger partial charge is 0.393 e. The molecule has 3 aromatic heterocycles. The molecule has 0 bridgehead atoms. The minimum atomic E-state index is -4.36. The number of rotatable bonds is 5. The Hall–Kier alpha value is -3.12. The second kappa shape index (κ2) is 9.40. The molecule has 36 heavy (non-hydrogen) atoms. The van der Waals surface area contributed by atoms with Crippen molar-refractivity contribution in [1.82, 2.24) is 14.8 Å². The number of nitrogen functional groups attached to an aromatic ring is 1. The topological polar surface area (TPSA) is 125 Å². The Morgan fingerprint density at radius 1 is 1.22 bits per heavy atom. The number of hydrogen-bond acceptors (Lipinski definition) is 8. The molecular formula is C24H29F3N6O3. The van der Waals surface area contributed by atoms with E-state index in [-0.39, 0.29) is 43.2 Å². The average Bonchev–Trinajstić information content (AvgIpc) is 3.36. The number of aromatic nitrogens is 3. The van der Waals surface area contributed by atoms with Crippen molar-refractivity contribution >= 4 is 28.6 Å². The van der Waals surface area contributed by atoms with Gasteiger partial charge in [0.1, 0.15) is 16.9 Å². The van der Waals surface area contributed by atoms with Gasteiger partial charge in [-0.1, -0.05) is 0 Å². The van der Waals surface area contributed by atoms with Crippen molar-refractivity contribution in [3.63, 3.8) is 0 Å². The number of carbonyl (C=O) groups excluding carboxylic acids is 1. The lowest BCUT2D eigenvalue weighted by Crippen LogP contribution is -2.51. The van der Waals surface area contributed by atoms with Gasteiger partial charge >= 0.3 is 6.18 Å². The normalized spacial score (nSPS) is 21.9. The average molecular weight is 507 g/mol. The summed E-state index contributed by atoms with van der Waals surface area (Å²) in [4.78, 5) is 19.4. The third-order valence-electron chi connectivity index (χ3n) is 7.13. The number of fused-ring (bicyclic) bond motifs is 1. The fourth-order valence-electron chi connectivity index (χ4n) is 5.35. The predicted octanol–water partition coefficient (Wildman–Crippen LogP) is 3.18. The molecule has 2 atom stereocenters. The van der Waals surface area contributed by atoms with Crippen LogP contribution >= 0.6 is 0 Å². The third-order valence-corrected chi connectivity index (χ3v) is 7.13. The number of hydrogen-bond donors (Lipinski definition) is 2. The zero-order valence-electron chi connectivity index (χ0n) is 19.9. The van der Waals surface area contributed by atoms with Gasteiger partial charge in [0.2, 0.25) is 5.88 Å². The van der Waals surface area contributed by atoms with Gasteiger partial charge in [-0.2, -0.15) is 18.3 Å². The van der Waals surface area contributed by atoms with Crippen molar-refractivity contribution in [1.29, 1.82) is 0 Å². The Kier molecular flexibility index (Phi) is 6.41. The largest absolute Gasteiger partial charge is 0.438 e. The van der Waals surface area contributed by atoms with Crippen LogP contribution in [0.4, 0.5) is 24.9 Å². The highest BCUT2D eigenvalue weighted by Crippen LogP contribution is 2.36. The van der Waals surface area contributed by atoms with E-state index in [2.05, 4.69) is 10.1 Å². The van der Waals surface area contributed by atoms with Crippen LogP contribution in [-0.2, 0) is 18.2 Å². The van der Waals surface area contributed by atoms with Gasteiger partial charge < -0.3 is 25.5 Å². The molecule has 0 aromatic carbocycles. The van der Waals surface area contributed by atoms with Crippen LogP contribution in [-0.4, -0.2) is 59.1 Å². The number of ether oxygens (including phenoxy) is 1. The van der Waals surface area contributed by atoms with Gasteiger partial charge in [0.05, 0.1) is 12.1 Å². The molecule has 2 fully saturated rings. The van der Waals surface area contributed by atoms with Crippen LogP contribution in [0.3, 0.4) is 0 Å². The number of anilines is 2. The molecule has 3 aromatic rings. The summed E-state index contributed by atoms with van der Waals surface area (Å²) >= 11 is 0. The summed E-state index contributed by atoms with van der Waals surface area (Å²) in [5.41, 5.74) is 14.5. The molecule has 0 unspecified atom stereocenters. The second-order valence-corrected chi connectivity index (χ2v) is 9.70. The zero-order valence-corrected chi connectivity index (χ0v) is 19.9. The Balaban J connectivity index is 1.41. The first-order chi connectivity index (χ1) is 17.1. The van der Waals surface area contributed by atoms with Crippen molar-refractivity contribution in [3.8, 4) is 0 Å². The first-order valence-electron chi connectivity index (χ1n) is 12.0. The molecule has 5 heterocycles. The number of halogens is 3. The Bertz CT molecular complexity index is 1260. The predicted molar refractivity (Wildman–Crippen MR) is 127 cm³/mol. The highest BCUT2D eigenvalue weighted by Gasteiger charge is 2.44. The first kappa shape index (κ1) is 24.6. The van der Waals surface area contributed by atoms with Gasteiger partial charge in [-0.3, -0.25) is 14.5 Å². The van der Waals surface area contributed by atoms with E-state index < -0.39 is 18.1 Å². The van der Waals surface area contributed by atoms with Gasteiger partial charge in [-0.25, -0.2) is 0 Å². The highest BCUT2D eigenvalue weighted by atomic mass is 19.4. The van der Waals surface area contributed by atoms with E-state index in [0.717, 1.165) is 18.4 Å². The maximum Gasteiger partial charge on any atom is 0.393 e. The standard InChI is InChI=1S/C24H29F3N6O3/c1-32-23(33-11-16(24(25,26)27)8-17(28)12-33)15(10-31-32)6-18(34)20-21-19(36-22(20)29)7-14(9-30-21)13-2-4-35-5-3-13/h7,9-10,13,16-17H,2-6,8,11-12,28-29H2,1H3/t16-,17+/m1/s1. The molecule has 0 radical (unpaired) electrons. The number of pyridine rings is 1. The van der Waals surface area contributed by atoms with E-state index in [9.17, 15) is 18.0 Å². The van der Waals surface area contributed by atoms with Gasteiger partial charge in [0, 0.05) is 57.6 Å². The number of Topliss-reactive ketones (excluding diaryl/α,β-unsaturated/α-hetero) is 1. The minimum Gasteiger partial charge on any atom is -0.438 e. The quantitative estimate of drug-likeness (QED) is 0.506. The maximum atomic E-state index is 13.5. The summed E-state index contributed by atoms with van der Waals surface area (Å²) in [5, 5.41) is 4.21. The fourth-order valence-corrected chi connectivity index (χ4v) is 5.35. The monoisotopic (exact) mass is 506 g/mol. The van der Waals surface area contributed by atoms with Crippen LogP contribution < -0.4 is 16.4 Å². The van der Waals surface area contributed by atoms with Crippen molar-refractivity contribution in [2.24, 2.45) is 18.7 Å². The molecule has 2 aliphatic rings. The van der Waals surface area contributed by atoms with Crippen LogP contribution in [0, 0.1) is 5.92 Å². The van der Waals surface area contributed by atoms with E-state index in [1.807, 2.05) is 6.07 Å². The molecule has 2 aliphatic heterocycles. The molecule has 0 saturated carbocycles. The van der Waals surface area contributed by atoms with Crippen LogP contribution in [0.25, 0.3) is 11.1 Å². The zero-order chi connectivity index (χ0) is 25.6. The van der Waals surface area contributed by atoms with Crippen molar-refractivity contribution < 1.29 is 27.1 Å². The highest BCUT2D eigenvalue weighted by molar-refractivity contribution is 6.10. The molecule has 194 valence electrons. The molecule has 5 rings (SSSR count). The van der Waals surface area contributed by atoms with Gasteiger partial charge in [0.25, 0.3) is 0 Å². The van der Waals surface area contributed by atoms with Crippen molar-refractivity contribution in [2.45, 2.75) is 43.8 Å². The summed E-state index contributed by atoms with van der Waals surface area (Å²) in [5.74, 6) is -1.19. The van der Waals surface area contributed by atoms with Gasteiger partial charge in [-0.15, -0.1) is 0 Å². The number of piperidine rings is 1. The molecule has 0 spiro atoms. The number of aryl methyl sites for hydroxylation is 1. The Labute approximate surface area is 205 Å². The molecule has 4 N–H and O–H groups in total. The molecule has 9 nitrogen and oxygen atoms in total. The Morgan fingerprint density at radius 3 is 2.69 bits per heavy atom. The Morgan fingerprint density at radius 2 is 1.97 bits per heavy atom.